The molecule has 0 spiro atoms. The van der Waals surface area contributed by atoms with E-state index in [1.54, 1.807) is 42.3 Å². The predicted octanol–water partition coefficient (Wildman–Crippen LogP) is 2.62. The van der Waals surface area contributed by atoms with Gasteiger partial charge in [0.2, 0.25) is 0 Å². The van der Waals surface area contributed by atoms with Crippen molar-refractivity contribution < 1.29 is 9.53 Å². The Labute approximate surface area is 124 Å². The number of nitrogens with zero attached hydrogens (tertiary/aromatic N) is 2. The number of ether oxygens (including phenoxy) is 1. The first-order valence-electron chi connectivity index (χ1n) is 6.71. The monoisotopic (exact) mass is 288 g/mol. The molecule has 0 unspecified atom stereocenters. The minimum absolute atomic E-state index is 0.114. The van der Waals surface area contributed by atoms with Crippen molar-refractivity contribution in [2.75, 3.05) is 12.4 Å². The third-order valence-corrected chi connectivity index (χ3v) is 3.44. The van der Waals surface area contributed by atoms with Gasteiger partial charge >= 0.3 is 6.03 Å². The molecular formula is C15H20N4O2. The number of rotatable bonds is 4. The van der Waals surface area contributed by atoms with E-state index in [1.807, 2.05) is 20.9 Å². The lowest BCUT2D eigenvalue weighted by Gasteiger charge is -2.14. The zero-order chi connectivity index (χ0) is 15.4. The van der Waals surface area contributed by atoms with E-state index >= 15 is 0 Å². The van der Waals surface area contributed by atoms with Gasteiger partial charge in [0.1, 0.15) is 5.75 Å². The molecule has 0 bridgehead atoms. The zero-order valence-electron chi connectivity index (χ0n) is 12.7. The van der Waals surface area contributed by atoms with Crippen LogP contribution in [0.5, 0.6) is 5.75 Å². The van der Waals surface area contributed by atoms with Crippen LogP contribution in [0.1, 0.15) is 24.2 Å². The van der Waals surface area contributed by atoms with E-state index in [4.69, 9.17) is 4.74 Å². The Bertz CT molecular complexity index is 619. The van der Waals surface area contributed by atoms with Crippen LogP contribution in [0, 0.1) is 6.92 Å². The number of urea groups is 1. The second-order valence-electron chi connectivity index (χ2n) is 4.86. The minimum atomic E-state index is -0.254. The van der Waals surface area contributed by atoms with Gasteiger partial charge in [-0.3, -0.25) is 4.68 Å². The third kappa shape index (κ3) is 3.53. The van der Waals surface area contributed by atoms with Gasteiger partial charge < -0.3 is 15.4 Å². The normalized spacial score (nSPS) is 11.8. The van der Waals surface area contributed by atoms with Crippen LogP contribution >= 0.6 is 0 Å². The number of amides is 2. The van der Waals surface area contributed by atoms with Crippen LogP contribution in [0.25, 0.3) is 0 Å². The Kier molecular flexibility index (Phi) is 4.47. The van der Waals surface area contributed by atoms with E-state index in [9.17, 15) is 4.79 Å². The first kappa shape index (κ1) is 14.9. The molecule has 0 aliphatic rings. The fourth-order valence-electron chi connectivity index (χ4n) is 2.06. The number of benzene rings is 1. The molecule has 0 radical (unpaired) electrons. The summed E-state index contributed by atoms with van der Waals surface area (Å²) in [5.74, 6) is 0.750. The highest BCUT2D eigenvalue weighted by atomic mass is 16.5. The van der Waals surface area contributed by atoms with E-state index in [1.165, 1.54) is 0 Å². The van der Waals surface area contributed by atoms with E-state index in [0.717, 1.165) is 17.0 Å². The Hall–Kier alpha value is -2.50. The lowest BCUT2D eigenvalue weighted by atomic mass is 10.1. The van der Waals surface area contributed by atoms with E-state index in [0.29, 0.717) is 5.69 Å². The van der Waals surface area contributed by atoms with Crippen LogP contribution in [0.3, 0.4) is 0 Å². The van der Waals surface area contributed by atoms with Gasteiger partial charge in [0.05, 0.1) is 19.3 Å². The second kappa shape index (κ2) is 6.30. The van der Waals surface area contributed by atoms with Gasteiger partial charge in [-0.2, -0.15) is 5.10 Å². The average Bonchev–Trinajstić information content (AvgIpc) is 2.79. The zero-order valence-corrected chi connectivity index (χ0v) is 12.7. The van der Waals surface area contributed by atoms with Crippen molar-refractivity contribution in [3.05, 3.63) is 41.7 Å². The number of hydrogen-bond acceptors (Lipinski definition) is 3. The molecule has 2 aromatic rings. The van der Waals surface area contributed by atoms with Crippen molar-refractivity contribution in [3.63, 3.8) is 0 Å². The topological polar surface area (TPSA) is 68.2 Å². The molecule has 0 saturated heterocycles. The van der Waals surface area contributed by atoms with Crippen LogP contribution in [0.4, 0.5) is 10.5 Å². The van der Waals surface area contributed by atoms with Crippen molar-refractivity contribution in [1.29, 1.82) is 0 Å². The summed E-state index contributed by atoms with van der Waals surface area (Å²) in [6.45, 7) is 3.90. The maximum absolute atomic E-state index is 12.0. The maximum Gasteiger partial charge on any atom is 0.319 e. The summed E-state index contributed by atoms with van der Waals surface area (Å²) in [5.41, 5.74) is 2.75. The van der Waals surface area contributed by atoms with Gasteiger partial charge in [-0.15, -0.1) is 0 Å². The minimum Gasteiger partial charge on any atom is -0.497 e. The molecule has 2 amide bonds. The highest BCUT2D eigenvalue weighted by molar-refractivity contribution is 5.89. The van der Waals surface area contributed by atoms with Crippen molar-refractivity contribution in [3.8, 4) is 5.75 Å². The smallest absolute Gasteiger partial charge is 0.319 e. The summed E-state index contributed by atoms with van der Waals surface area (Å²) < 4.78 is 6.86. The summed E-state index contributed by atoms with van der Waals surface area (Å²) in [5, 5.41) is 9.86. The van der Waals surface area contributed by atoms with Crippen molar-refractivity contribution >= 4 is 11.7 Å². The predicted molar refractivity (Wildman–Crippen MR) is 81.5 cm³/mol. The Morgan fingerprint density at radius 2 is 2.00 bits per heavy atom. The number of aromatic nitrogens is 2. The van der Waals surface area contributed by atoms with Gasteiger partial charge in [0.15, 0.2) is 0 Å². The number of nitrogens with one attached hydrogen (secondary N) is 2. The van der Waals surface area contributed by atoms with Gasteiger partial charge in [0.25, 0.3) is 0 Å². The van der Waals surface area contributed by atoms with Crippen molar-refractivity contribution in [2.24, 2.45) is 7.05 Å². The first-order valence-corrected chi connectivity index (χ1v) is 6.71. The molecule has 1 heterocycles. The number of methoxy groups -OCH3 is 1. The molecule has 0 aliphatic carbocycles. The Morgan fingerprint density at radius 3 is 2.52 bits per heavy atom. The quantitative estimate of drug-likeness (QED) is 0.908. The summed E-state index contributed by atoms with van der Waals surface area (Å²) in [7, 11) is 3.48. The number of aryl methyl sites for hydroxylation is 1. The molecule has 1 aromatic heterocycles. The van der Waals surface area contributed by atoms with Crippen LogP contribution in [-0.2, 0) is 7.05 Å². The molecule has 1 aromatic carbocycles. The number of carbonyl (C=O) groups excluding carboxylic acids is 1. The standard InChI is InChI=1S/C15H20N4O2/c1-10(14-9-16-19(3)11(14)2)17-15(20)18-12-5-7-13(21-4)8-6-12/h5-10H,1-4H3,(H2,17,18,20)/t10-/m0/s1. The molecule has 0 fully saturated rings. The molecule has 1 atom stereocenters. The second-order valence-corrected chi connectivity index (χ2v) is 4.86. The molecular weight excluding hydrogens is 268 g/mol. The molecule has 0 aliphatic heterocycles. The number of hydrogen-bond donors (Lipinski definition) is 2. The lowest BCUT2D eigenvalue weighted by molar-refractivity contribution is 0.249. The van der Waals surface area contributed by atoms with Crippen molar-refractivity contribution in [2.45, 2.75) is 19.9 Å². The van der Waals surface area contributed by atoms with E-state index in [-0.39, 0.29) is 12.1 Å². The molecule has 2 rings (SSSR count). The highest BCUT2D eigenvalue weighted by Gasteiger charge is 2.14. The molecule has 6 nitrogen and oxygen atoms in total. The van der Waals surface area contributed by atoms with E-state index in [2.05, 4.69) is 15.7 Å². The van der Waals surface area contributed by atoms with E-state index < -0.39 is 0 Å². The van der Waals surface area contributed by atoms with Crippen LogP contribution < -0.4 is 15.4 Å². The summed E-state index contributed by atoms with van der Waals surface area (Å²) in [6, 6.07) is 6.80. The van der Waals surface area contributed by atoms with Crippen LogP contribution in [0.15, 0.2) is 30.5 Å². The molecule has 6 heteroatoms. The molecule has 21 heavy (non-hydrogen) atoms. The Morgan fingerprint density at radius 1 is 1.33 bits per heavy atom. The van der Waals surface area contributed by atoms with Crippen LogP contribution in [0.2, 0.25) is 0 Å². The number of anilines is 1. The molecule has 2 N–H and O–H groups in total. The average molecular weight is 288 g/mol. The fourth-order valence-corrected chi connectivity index (χ4v) is 2.06. The fraction of sp³-hybridized carbons (Fsp3) is 0.333. The largest absolute Gasteiger partial charge is 0.497 e. The third-order valence-electron chi connectivity index (χ3n) is 3.44. The summed E-state index contributed by atoms with van der Waals surface area (Å²) >= 11 is 0. The van der Waals surface area contributed by atoms with Crippen molar-refractivity contribution in [1.82, 2.24) is 15.1 Å². The molecule has 0 saturated carbocycles. The molecule has 112 valence electrons. The van der Waals surface area contributed by atoms with Crippen LogP contribution in [-0.4, -0.2) is 22.9 Å². The van der Waals surface area contributed by atoms with Gasteiger partial charge in [-0.25, -0.2) is 4.79 Å². The summed E-state index contributed by atoms with van der Waals surface area (Å²) in [4.78, 5) is 12.0. The first-order chi connectivity index (χ1) is 10.0. The lowest BCUT2D eigenvalue weighted by Crippen LogP contribution is -2.31. The number of carbonyl (C=O) groups is 1. The van der Waals surface area contributed by atoms with Gasteiger partial charge in [0, 0.05) is 24.0 Å². The maximum atomic E-state index is 12.0. The van der Waals surface area contributed by atoms with Gasteiger partial charge in [-0.05, 0) is 38.1 Å². The van der Waals surface area contributed by atoms with Gasteiger partial charge in [-0.1, -0.05) is 0 Å². The highest BCUT2D eigenvalue weighted by Crippen LogP contribution is 2.17. The Balaban J connectivity index is 1.96. The summed E-state index contributed by atoms with van der Waals surface area (Å²) in [6.07, 6.45) is 1.77. The SMILES string of the molecule is COc1ccc(NC(=O)N[C@@H](C)c2cnn(C)c2C)cc1.